The van der Waals surface area contributed by atoms with Crippen LogP contribution in [0.2, 0.25) is 5.02 Å². The van der Waals surface area contributed by atoms with Crippen molar-refractivity contribution in [1.82, 2.24) is 5.32 Å². The molecule has 5 nitrogen and oxygen atoms in total. The minimum atomic E-state index is -0.316. The fraction of sp³-hybridized carbons (Fsp3) is 0.0455. The zero-order valence-corrected chi connectivity index (χ0v) is 15.5. The SMILES string of the molecule is N#Cc1cccc(NC(=O)c2ccc(C(=O)NCc3ccc(Cl)cc3)cc2)c1. The van der Waals surface area contributed by atoms with Crippen LogP contribution >= 0.6 is 11.6 Å². The largest absolute Gasteiger partial charge is 0.348 e. The van der Waals surface area contributed by atoms with E-state index < -0.39 is 0 Å². The van der Waals surface area contributed by atoms with Gasteiger partial charge in [0.05, 0.1) is 11.6 Å². The van der Waals surface area contributed by atoms with Crippen LogP contribution in [-0.2, 0) is 6.54 Å². The Labute approximate surface area is 167 Å². The van der Waals surface area contributed by atoms with E-state index in [1.807, 2.05) is 18.2 Å². The number of halogens is 1. The number of carbonyl (C=O) groups excluding carboxylic acids is 2. The molecule has 0 aromatic heterocycles. The Balaban J connectivity index is 1.60. The first kappa shape index (κ1) is 19.2. The Morgan fingerprint density at radius 1 is 0.893 bits per heavy atom. The third-order valence-electron chi connectivity index (χ3n) is 4.03. The molecule has 28 heavy (non-hydrogen) atoms. The summed E-state index contributed by atoms with van der Waals surface area (Å²) < 4.78 is 0. The summed E-state index contributed by atoms with van der Waals surface area (Å²) in [6.07, 6.45) is 0. The highest BCUT2D eigenvalue weighted by atomic mass is 35.5. The summed E-state index contributed by atoms with van der Waals surface area (Å²) in [4.78, 5) is 24.6. The lowest BCUT2D eigenvalue weighted by Gasteiger charge is -2.08. The minimum absolute atomic E-state index is 0.233. The second kappa shape index (κ2) is 8.85. The van der Waals surface area contributed by atoms with Crippen LogP contribution in [0, 0.1) is 11.3 Å². The van der Waals surface area contributed by atoms with Crippen molar-refractivity contribution >= 4 is 29.1 Å². The average Bonchev–Trinajstić information content (AvgIpc) is 2.73. The second-order valence-corrected chi connectivity index (χ2v) is 6.47. The van der Waals surface area contributed by atoms with E-state index in [1.165, 1.54) is 0 Å². The molecular formula is C22H16ClN3O2. The Bertz CT molecular complexity index is 1040. The molecule has 0 aliphatic carbocycles. The zero-order valence-electron chi connectivity index (χ0n) is 14.8. The summed E-state index contributed by atoms with van der Waals surface area (Å²) in [7, 11) is 0. The molecule has 0 unspecified atom stereocenters. The molecule has 2 N–H and O–H groups in total. The van der Waals surface area contributed by atoms with Crippen LogP contribution in [0.15, 0.2) is 72.8 Å². The van der Waals surface area contributed by atoms with Gasteiger partial charge in [-0.25, -0.2) is 0 Å². The third-order valence-corrected chi connectivity index (χ3v) is 4.28. The summed E-state index contributed by atoms with van der Waals surface area (Å²) in [6.45, 7) is 0.382. The van der Waals surface area contributed by atoms with Crippen LogP contribution in [0.25, 0.3) is 0 Å². The number of amides is 2. The predicted octanol–water partition coefficient (Wildman–Crippen LogP) is 4.39. The molecule has 0 atom stereocenters. The molecule has 6 heteroatoms. The topological polar surface area (TPSA) is 82.0 Å². The normalized spacial score (nSPS) is 10.0. The number of benzene rings is 3. The fourth-order valence-electron chi connectivity index (χ4n) is 2.53. The van der Waals surface area contributed by atoms with Crippen molar-refractivity contribution in [1.29, 1.82) is 5.26 Å². The van der Waals surface area contributed by atoms with Crippen LogP contribution in [0.3, 0.4) is 0 Å². The molecule has 2 amide bonds. The quantitative estimate of drug-likeness (QED) is 0.678. The van der Waals surface area contributed by atoms with Gasteiger partial charge in [-0.2, -0.15) is 5.26 Å². The van der Waals surface area contributed by atoms with Gasteiger partial charge in [-0.3, -0.25) is 9.59 Å². The Hall–Kier alpha value is -3.62. The van der Waals surface area contributed by atoms with Gasteiger partial charge < -0.3 is 10.6 Å². The van der Waals surface area contributed by atoms with E-state index >= 15 is 0 Å². The van der Waals surface area contributed by atoms with Gasteiger partial charge in [-0.05, 0) is 60.2 Å². The maximum Gasteiger partial charge on any atom is 0.255 e. The van der Waals surface area contributed by atoms with Gasteiger partial charge in [0.25, 0.3) is 11.8 Å². The van der Waals surface area contributed by atoms with Crippen molar-refractivity contribution < 1.29 is 9.59 Å². The average molecular weight is 390 g/mol. The number of anilines is 1. The fourth-order valence-corrected chi connectivity index (χ4v) is 2.66. The van der Waals surface area contributed by atoms with Crippen LogP contribution < -0.4 is 10.6 Å². The van der Waals surface area contributed by atoms with Crippen LogP contribution in [0.5, 0.6) is 0 Å². The molecule has 3 aromatic carbocycles. The number of rotatable bonds is 5. The maximum atomic E-state index is 12.3. The lowest BCUT2D eigenvalue weighted by atomic mass is 10.1. The van der Waals surface area contributed by atoms with Gasteiger partial charge in [-0.15, -0.1) is 0 Å². The second-order valence-electron chi connectivity index (χ2n) is 6.03. The molecule has 0 saturated carbocycles. The number of nitrogens with one attached hydrogen (secondary N) is 2. The van der Waals surface area contributed by atoms with Crippen LogP contribution in [-0.4, -0.2) is 11.8 Å². The Morgan fingerprint density at radius 3 is 2.18 bits per heavy atom. The third kappa shape index (κ3) is 4.97. The lowest BCUT2D eigenvalue weighted by molar-refractivity contribution is 0.0949. The first-order valence-corrected chi connectivity index (χ1v) is 8.87. The molecule has 0 saturated heterocycles. The van der Waals surface area contributed by atoms with Crippen molar-refractivity contribution in [3.05, 3.63) is 100 Å². The first-order chi connectivity index (χ1) is 13.5. The van der Waals surface area contributed by atoms with Gasteiger partial charge in [-0.1, -0.05) is 29.8 Å². The molecular weight excluding hydrogens is 374 g/mol. The van der Waals surface area contributed by atoms with Gasteiger partial charge in [0.2, 0.25) is 0 Å². The van der Waals surface area contributed by atoms with Crippen molar-refractivity contribution in [2.24, 2.45) is 0 Å². The van der Waals surface area contributed by atoms with Gasteiger partial charge in [0, 0.05) is 28.4 Å². The molecule has 0 spiro atoms. The number of hydrogen-bond donors (Lipinski definition) is 2. The minimum Gasteiger partial charge on any atom is -0.348 e. The zero-order chi connectivity index (χ0) is 19.9. The standard InChI is InChI=1S/C22H16ClN3O2/c23-19-10-4-15(5-11-19)14-25-21(27)17-6-8-18(9-7-17)22(28)26-20-3-1-2-16(12-20)13-24/h1-12H,14H2,(H,25,27)(H,26,28). The molecule has 0 radical (unpaired) electrons. The summed E-state index contributed by atoms with van der Waals surface area (Å²) in [6, 6.07) is 22.3. The highest BCUT2D eigenvalue weighted by Crippen LogP contribution is 2.13. The van der Waals surface area contributed by atoms with E-state index in [2.05, 4.69) is 10.6 Å². The molecule has 3 rings (SSSR count). The van der Waals surface area contributed by atoms with Gasteiger partial charge in [0.15, 0.2) is 0 Å². The van der Waals surface area contributed by atoms with E-state index in [9.17, 15) is 9.59 Å². The monoisotopic (exact) mass is 389 g/mol. The number of carbonyl (C=O) groups is 2. The summed E-state index contributed by atoms with van der Waals surface area (Å²) in [5, 5.41) is 15.1. The van der Waals surface area contributed by atoms with Gasteiger partial charge in [0.1, 0.15) is 0 Å². The molecule has 138 valence electrons. The van der Waals surface area contributed by atoms with E-state index in [0.717, 1.165) is 5.56 Å². The smallest absolute Gasteiger partial charge is 0.255 e. The van der Waals surface area contributed by atoms with Gasteiger partial charge >= 0.3 is 0 Å². The highest BCUT2D eigenvalue weighted by Gasteiger charge is 2.09. The number of hydrogen-bond acceptors (Lipinski definition) is 3. The lowest BCUT2D eigenvalue weighted by Crippen LogP contribution is -2.23. The summed E-state index contributed by atoms with van der Waals surface area (Å²) >= 11 is 5.84. The Morgan fingerprint density at radius 2 is 1.54 bits per heavy atom. The van der Waals surface area contributed by atoms with E-state index in [0.29, 0.717) is 33.9 Å². The summed E-state index contributed by atoms with van der Waals surface area (Å²) in [5.41, 5.74) is 2.81. The maximum absolute atomic E-state index is 12.3. The van der Waals surface area contributed by atoms with E-state index in [1.54, 1.807) is 60.7 Å². The summed E-state index contributed by atoms with van der Waals surface area (Å²) in [5.74, 6) is -0.549. The molecule has 0 fully saturated rings. The Kier molecular flexibility index (Phi) is 6.05. The molecule has 0 heterocycles. The number of nitrogens with zero attached hydrogens (tertiary/aromatic N) is 1. The van der Waals surface area contributed by atoms with Crippen molar-refractivity contribution in [3.63, 3.8) is 0 Å². The molecule has 0 bridgehead atoms. The molecule has 0 aliphatic heterocycles. The van der Waals surface area contributed by atoms with Crippen molar-refractivity contribution in [3.8, 4) is 6.07 Å². The molecule has 0 aliphatic rings. The first-order valence-electron chi connectivity index (χ1n) is 8.49. The van der Waals surface area contributed by atoms with E-state index in [4.69, 9.17) is 16.9 Å². The highest BCUT2D eigenvalue weighted by molar-refractivity contribution is 6.30. The van der Waals surface area contributed by atoms with Crippen molar-refractivity contribution in [2.75, 3.05) is 5.32 Å². The predicted molar refractivity (Wildman–Crippen MR) is 108 cm³/mol. The van der Waals surface area contributed by atoms with Crippen molar-refractivity contribution in [2.45, 2.75) is 6.54 Å². The van der Waals surface area contributed by atoms with Crippen LogP contribution in [0.1, 0.15) is 31.8 Å². The van der Waals surface area contributed by atoms with Crippen LogP contribution in [0.4, 0.5) is 5.69 Å². The number of nitriles is 1. The van der Waals surface area contributed by atoms with E-state index in [-0.39, 0.29) is 11.8 Å². The molecule has 3 aromatic rings.